The Labute approximate surface area is 488 Å². The van der Waals surface area contributed by atoms with Crippen LogP contribution in [0.2, 0.25) is 0 Å². The molecule has 464 valence electrons. The van der Waals surface area contributed by atoms with Crippen molar-refractivity contribution in [3.8, 4) is 0 Å². The summed E-state index contributed by atoms with van der Waals surface area (Å²) in [6.45, 7) is 3.81. The summed E-state index contributed by atoms with van der Waals surface area (Å²) in [6, 6.07) is -0.823. The normalized spacial score (nSPS) is 18.8. The monoisotopic (exact) mass is 1110 g/mol. The number of hydrogen-bond donors (Lipinski definition) is 6. The second-order valence-corrected chi connectivity index (χ2v) is 24.0. The maximum absolute atomic E-state index is 13.1. The third-order valence-electron chi connectivity index (χ3n) is 16.4. The van der Waals surface area contributed by atoms with E-state index in [1.165, 1.54) is 270 Å². The summed E-state index contributed by atoms with van der Waals surface area (Å²) < 4.78 is 11.3. The Morgan fingerprint density at radius 3 is 1.14 bits per heavy atom. The van der Waals surface area contributed by atoms with Gasteiger partial charge in [0.2, 0.25) is 5.91 Å². The fraction of sp³-hybridized carbons (Fsp3) is 0.871. The molecule has 1 rings (SSSR count). The molecule has 1 fully saturated rings. The predicted molar refractivity (Wildman–Crippen MR) is 336 cm³/mol. The molecule has 0 saturated carbocycles. The van der Waals surface area contributed by atoms with Crippen LogP contribution in [0.25, 0.3) is 0 Å². The average molecular weight is 1110 g/mol. The number of carbonyl (C=O) groups is 1. The topological polar surface area (TPSA) is 149 Å². The summed E-state index contributed by atoms with van der Waals surface area (Å²) in [4.78, 5) is 13.1. The molecule has 0 aromatic rings. The van der Waals surface area contributed by atoms with Crippen LogP contribution in [0.3, 0.4) is 0 Å². The van der Waals surface area contributed by atoms with Gasteiger partial charge in [-0.15, -0.1) is 0 Å². The molecule has 0 aromatic heterocycles. The lowest BCUT2D eigenvalue weighted by Gasteiger charge is -2.40. The molecule has 1 aliphatic heterocycles. The van der Waals surface area contributed by atoms with E-state index in [0.29, 0.717) is 6.42 Å². The third-order valence-corrected chi connectivity index (χ3v) is 16.4. The van der Waals surface area contributed by atoms with Gasteiger partial charge in [-0.2, -0.15) is 0 Å². The molecular formula is C70H131NO8. The van der Waals surface area contributed by atoms with Gasteiger partial charge in [0.25, 0.3) is 0 Å². The highest BCUT2D eigenvalue weighted by Crippen LogP contribution is 2.23. The van der Waals surface area contributed by atoms with E-state index < -0.39 is 49.5 Å². The smallest absolute Gasteiger partial charge is 0.220 e. The Morgan fingerprint density at radius 2 is 0.759 bits per heavy atom. The molecule has 6 N–H and O–H groups in total. The number of amides is 1. The lowest BCUT2D eigenvalue weighted by molar-refractivity contribution is -0.302. The number of hydrogen-bond acceptors (Lipinski definition) is 8. The number of nitrogens with one attached hydrogen (secondary N) is 1. The fourth-order valence-electron chi connectivity index (χ4n) is 11.0. The van der Waals surface area contributed by atoms with E-state index in [-0.39, 0.29) is 12.5 Å². The van der Waals surface area contributed by atoms with Gasteiger partial charge in [-0.3, -0.25) is 4.79 Å². The number of ether oxygens (including phenoxy) is 2. The first-order valence-corrected chi connectivity index (χ1v) is 34.4. The highest BCUT2D eigenvalue weighted by Gasteiger charge is 2.44. The molecule has 1 heterocycles. The standard InChI is InChI=1S/C70H131NO8/c1-3-5-7-9-11-13-15-17-19-21-23-25-26-27-28-29-30-31-32-33-34-35-36-37-38-40-42-44-46-48-50-52-54-56-58-60-66(74)71-63(62-78-70-69(77)68(76)67(75)65(61-72)79-70)64(73)59-57-55-53-51-49-47-45-43-41-39-24-22-20-18-16-14-12-10-8-6-4-2/h26-27,29-30,49,51,57,59,63-65,67-70,72-73,75-77H,3-25,28,31-48,50,52-56,58,60-62H2,1-2H3,(H,71,74)/b27-26-,30-29-,51-49+,59-57+. The number of carbonyl (C=O) groups excluding carboxylic acids is 1. The van der Waals surface area contributed by atoms with Crippen LogP contribution in [0.5, 0.6) is 0 Å². The van der Waals surface area contributed by atoms with E-state index in [0.717, 1.165) is 44.9 Å². The largest absolute Gasteiger partial charge is 0.394 e. The summed E-state index contributed by atoms with van der Waals surface area (Å²) >= 11 is 0. The number of unbranched alkanes of at least 4 members (excludes halogenated alkanes) is 44. The minimum Gasteiger partial charge on any atom is -0.394 e. The van der Waals surface area contributed by atoms with Crippen LogP contribution in [-0.4, -0.2) is 87.5 Å². The first-order chi connectivity index (χ1) is 38.8. The Bertz CT molecular complexity index is 1380. The molecule has 0 aromatic carbocycles. The summed E-state index contributed by atoms with van der Waals surface area (Å²) in [5.41, 5.74) is 0. The molecule has 0 spiro atoms. The SMILES string of the molecule is CCCCCCCCCCCCC/C=C\C/C=C\CCCCCCCCCCCCCCCCCCCC(=O)NC(COC1OC(CO)C(O)C(O)C1O)C(O)/C=C/CC/C=C/CCCCCCCCCCCCCCCCC. The van der Waals surface area contributed by atoms with Crippen molar-refractivity contribution in [3.05, 3.63) is 48.6 Å². The summed E-state index contributed by atoms with van der Waals surface area (Å²) in [5, 5.41) is 54.7. The van der Waals surface area contributed by atoms with Crippen LogP contribution in [-0.2, 0) is 14.3 Å². The highest BCUT2D eigenvalue weighted by molar-refractivity contribution is 5.76. The number of rotatable bonds is 60. The van der Waals surface area contributed by atoms with Crippen LogP contribution in [0.15, 0.2) is 48.6 Å². The molecule has 1 aliphatic rings. The maximum atomic E-state index is 13.1. The van der Waals surface area contributed by atoms with Crippen molar-refractivity contribution in [2.75, 3.05) is 13.2 Å². The van der Waals surface area contributed by atoms with E-state index in [1.54, 1.807) is 6.08 Å². The first kappa shape index (κ1) is 75.2. The number of aliphatic hydroxyl groups excluding tert-OH is 5. The van der Waals surface area contributed by atoms with Crippen molar-refractivity contribution in [2.45, 2.75) is 378 Å². The zero-order valence-electron chi connectivity index (χ0n) is 51.9. The van der Waals surface area contributed by atoms with E-state index in [9.17, 15) is 30.3 Å². The van der Waals surface area contributed by atoms with Crippen molar-refractivity contribution < 1.29 is 39.8 Å². The molecule has 1 amide bonds. The average Bonchev–Trinajstić information content (AvgIpc) is 3.47. The van der Waals surface area contributed by atoms with Crippen molar-refractivity contribution >= 4 is 5.91 Å². The molecule has 9 nitrogen and oxygen atoms in total. The molecule has 0 bridgehead atoms. The van der Waals surface area contributed by atoms with Gasteiger partial charge in [0.05, 0.1) is 25.4 Å². The van der Waals surface area contributed by atoms with Gasteiger partial charge < -0.3 is 40.3 Å². The molecular weight excluding hydrogens is 983 g/mol. The van der Waals surface area contributed by atoms with Gasteiger partial charge >= 0.3 is 0 Å². The van der Waals surface area contributed by atoms with Crippen molar-refractivity contribution in [1.82, 2.24) is 5.32 Å². The maximum Gasteiger partial charge on any atom is 0.220 e. The minimum atomic E-state index is -1.57. The highest BCUT2D eigenvalue weighted by atomic mass is 16.7. The Kier molecular flexibility index (Phi) is 56.4. The van der Waals surface area contributed by atoms with Crippen LogP contribution in [0.1, 0.15) is 335 Å². The van der Waals surface area contributed by atoms with E-state index in [1.807, 2.05) is 6.08 Å². The van der Waals surface area contributed by atoms with Crippen molar-refractivity contribution in [1.29, 1.82) is 0 Å². The van der Waals surface area contributed by atoms with E-state index >= 15 is 0 Å². The molecule has 0 aliphatic carbocycles. The first-order valence-electron chi connectivity index (χ1n) is 34.4. The summed E-state index contributed by atoms with van der Waals surface area (Å²) in [5.74, 6) is -0.182. The Hall–Kier alpha value is -1.85. The lowest BCUT2D eigenvalue weighted by Crippen LogP contribution is -2.60. The molecule has 9 heteroatoms. The number of aliphatic hydroxyl groups is 5. The van der Waals surface area contributed by atoms with Crippen LogP contribution >= 0.6 is 0 Å². The zero-order chi connectivity index (χ0) is 57.2. The van der Waals surface area contributed by atoms with Gasteiger partial charge in [-0.05, 0) is 64.2 Å². The fourth-order valence-corrected chi connectivity index (χ4v) is 11.0. The van der Waals surface area contributed by atoms with Gasteiger partial charge in [0.1, 0.15) is 24.4 Å². The third kappa shape index (κ3) is 48.3. The Morgan fingerprint density at radius 1 is 0.430 bits per heavy atom. The summed E-state index contributed by atoms with van der Waals surface area (Å²) in [7, 11) is 0. The van der Waals surface area contributed by atoms with Crippen molar-refractivity contribution in [2.24, 2.45) is 0 Å². The molecule has 7 atom stereocenters. The zero-order valence-corrected chi connectivity index (χ0v) is 51.9. The number of allylic oxidation sites excluding steroid dienone is 7. The van der Waals surface area contributed by atoms with E-state index in [4.69, 9.17) is 9.47 Å². The molecule has 79 heavy (non-hydrogen) atoms. The minimum absolute atomic E-state index is 0.182. The second kappa shape index (κ2) is 59.3. The predicted octanol–water partition coefficient (Wildman–Crippen LogP) is 18.4. The molecule has 0 radical (unpaired) electrons. The van der Waals surface area contributed by atoms with Gasteiger partial charge in [0.15, 0.2) is 6.29 Å². The van der Waals surface area contributed by atoms with Crippen LogP contribution in [0, 0.1) is 0 Å². The summed E-state index contributed by atoms with van der Waals surface area (Å²) in [6.07, 6.45) is 73.6. The second-order valence-electron chi connectivity index (χ2n) is 24.0. The molecule has 7 unspecified atom stereocenters. The lowest BCUT2D eigenvalue weighted by atomic mass is 9.99. The van der Waals surface area contributed by atoms with Gasteiger partial charge in [-0.25, -0.2) is 0 Å². The Balaban J connectivity index is 2.12. The van der Waals surface area contributed by atoms with Gasteiger partial charge in [0, 0.05) is 6.42 Å². The molecule has 1 saturated heterocycles. The van der Waals surface area contributed by atoms with Crippen LogP contribution < -0.4 is 5.32 Å². The quantitative estimate of drug-likeness (QED) is 0.0261. The van der Waals surface area contributed by atoms with Crippen molar-refractivity contribution in [3.63, 3.8) is 0 Å². The van der Waals surface area contributed by atoms with Gasteiger partial charge in [-0.1, -0.05) is 313 Å². The van der Waals surface area contributed by atoms with E-state index in [2.05, 4.69) is 55.6 Å². The van der Waals surface area contributed by atoms with Crippen LogP contribution in [0.4, 0.5) is 0 Å².